The minimum Gasteiger partial charge on any atom is -0.394 e. The van der Waals surface area contributed by atoms with Crippen LogP contribution >= 0.6 is 15.9 Å². The van der Waals surface area contributed by atoms with Crippen LogP contribution < -0.4 is 10.6 Å². The number of anilines is 2. The van der Waals surface area contributed by atoms with E-state index < -0.39 is 0 Å². The Morgan fingerprint density at radius 1 is 1.00 bits per heavy atom. The molecule has 0 atom stereocenters. The molecule has 1 fully saturated rings. The molecule has 2 N–H and O–H groups in total. The normalized spacial score (nSPS) is 21.9. The number of nitrogens with zero attached hydrogens (tertiary/aromatic N) is 2. The highest BCUT2D eigenvalue weighted by atomic mass is 79.9. The molecule has 2 aromatic carbocycles. The van der Waals surface area contributed by atoms with Gasteiger partial charge in [0.15, 0.2) is 0 Å². The predicted molar refractivity (Wildman–Crippen MR) is 123 cm³/mol. The van der Waals surface area contributed by atoms with Gasteiger partial charge >= 0.3 is 0 Å². The van der Waals surface area contributed by atoms with Gasteiger partial charge < -0.3 is 15.5 Å². The van der Waals surface area contributed by atoms with Crippen molar-refractivity contribution in [1.29, 1.82) is 0 Å². The first-order chi connectivity index (χ1) is 14.7. The summed E-state index contributed by atoms with van der Waals surface area (Å²) >= 11 is 3.51. The summed E-state index contributed by atoms with van der Waals surface area (Å²) in [5, 5.41) is 10.8. The molecule has 3 aliphatic rings. The zero-order chi connectivity index (χ0) is 20.5. The molecule has 0 aliphatic carbocycles. The van der Waals surface area contributed by atoms with Crippen molar-refractivity contribution in [3.63, 3.8) is 0 Å². The van der Waals surface area contributed by atoms with E-state index in [0.29, 0.717) is 23.6 Å². The van der Waals surface area contributed by atoms with Crippen LogP contribution in [0.25, 0.3) is 5.57 Å². The number of para-hydroxylation sites is 1. The van der Waals surface area contributed by atoms with E-state index in [2.05, 4.69) is 36.6 Å². The highest BCUT2D eigenvalue weighted by Gasteiger charge is 2.34. The fourth-order valence-corrected chi connectivity index (χ4v) is 4.61. The van der Waals surface area contributed by atoms with Crippen molar-refractivity contribution in [2.45, 2.75) is 19.3 Å². The Hall–Kier alpha value is -2.64. The molecule has 3 aliphatic heterocycles. The SMILES string of the molecule is O=C1Nc2ccc(Br)cc2/C1=C1/Nc2ccccc2/C1=N\OCCN1CCCCC1. The van der Waals surface area contributed by atoms with Gasteiger partial charge in [-0.25, -0.2) is 0 Å². The van der Waals surface area contributed by atoms with Crippen LogP contribution in [0.1, 0.15) is 30.4 Å². The van der Waals surface area contributed by atoms with Gasteiger partial charge in [0, 0.05) is 33.5 Å². The summed E-state index contributed by atoms with van der Waals surface area (Å²) in [5.41, 5.74) is 5.45. The van der Waals surface area contributed by atoms with Gasteiger partial charge in [0.25, 0.3) is 5.91 Å². The molecule has 7 heteroatoms. The molecule has 0 bridgehead atoms. The molecule has 6 nitrogen and oxygen atoms in total. The summed E-state index contributed by atoms with van der Waals surface area (Å²) in [6.45, 7) is 3.66. The number of nitrogens with one attached hydrogen (secondary N) is 2. The van der Waals surface area contributed by atoms with Crippen molar-refractivity contribution in [3.05, 3.63) is 63.8 Å². The Kier molecular flexibility index (Phi) is 5.31. The summed E-state index contributed by atoms with van der Waals surface area (Å²) in [4.78, 5) is 21.0. The molecular weight excluding hydrogens is 444 g/mol. The fraction of sp³-hybridized carbons (Fsp3) is 0.304. The minimum atomic E-state index is -0.139. The van der Waals surface area contributed by atoms with Crippen LogP contribution in [0.3, 0.4) is 0 Å². The second kappa shape index (κ2) is 8.24. The number of fused-ring (bicyclic) bond motifs is 2. The monoisotopic (exact) mass is 466 g/mol. The van der Waals surface area contributed by atoms with Gasteiger partial charge in [0.2, 0.25) is 0 Å². The number of benzene rings is 2. The minimum absolute atomic E-state index is 0.139. The van der Waals surface area contributed by atoms with Gasteiger partial charge in [-0.05, 0) is 50.2 Å². The first-order valence-electron chi connectivity index (χ1n) is 10.4. The lowest BCUT2D eigenvalue weighted by atomic mass is 10.0. The number of hydrogen-bond donors (Lipinski definition) is 2. The number of carbonyl (C=O) groups is 1. The zero-order valence-electron chi connectivity index (χ0n) is 16.6. The summed E-state index contributed by atoms with van der Waals surface area (Å²) in [5.74, 6) is -0.139. The highest BCUT2D eigenvalue weighted by molar-refractivity contribution is 9.10. The summed E-state index contributed by atoms with van der Waals surface area (Å²) in [6, 6.07) is 13.7. The lowest BCUT2D eigenvalue weighted by Crippen LogP contribution is -2.32. The molecule has 0 unspecified atom stereocenters. The molecule has 5 rings (SSSR count). The van der Waals surface area contributed by atoms with Crippen molar-refractivity contribution in [1.82, 2.24) is 4.90 Å². The predicted octanol–water partition coefficient (Wildman–Crippen LogP) is 4.44. The fourth-order valence-electron chi connectivity index (χ4n) is 4.25. The molecule has 0 radical (unpaired) electrons. The van der Waals surface area contributed by atoms with E-state index in [-0.39, 0.29) is 5.91 Å². The van der Waals surface area contributed by atoms with Gasteiger partial charge in [-0.3, -0.25) is 9.69 Å². The van der Waals surface area contributed by atoms with Crippen LogP contribution in [0.5, 0.6) is 0 Å². The maximum absolute atomic E-state index is 12.8. The van der Waals surface area contributed by atoms with E-state index in [1.807, 2.05) is 42.5 Å². The number of rotatable bonds is 4. The standard InChI is InChI=1S/C23H23BrN4O2/c24-15-8-9-19-17(14-15)20(23(29)26-19)22-21(16-6-2-3-7-18(16)25-22)27-30-13-12-28-10-4-1-5-11-28/h2-3,6-9,14,25H,1,4-5,10-13H2,(H,26,29)/b22-20-,27-21+. The number of likely N-dealkylation sites (tertiary alicyclic amines) is 1. The number of carbonyl (C=O) groups excluding carboxylic acids is 1. The van der Waals surface area contributed by atoms with Crippen LogP contribution in [0.2, 0.25) is 0 Å². The van der Waals surface area contributed by atoms with E-state index in [0.717, 1.165) is 46.6 Å². The largest absolute Gasteiger partial charge is 0.394 e. The van der Waals surface area contributed by atoms with Gasteiger partial charge in [0.05, 0.1) is 11.3 Å². The van der Waals surface area contributed by atoms with Crippen molar-refractivity contribution in [3.8, 4) is 0 Å². The third kappa shape index (κ3) is 3.63. The van der Waals surface area contributed by atoms with Crippen LogP contribution in [0.15, 0.2) is 57.8 Å². The number of hydrogen-bond acceptors (Lipinski definition) is 5. The third-order valence-electron chi connectivity index (χ3n) is 5.76. The quantitative estimate of drug-likeness (QED) is 0.397. The molecule has 2 aromatic rings. The van der Waals surface area contributed by atoms with E-state index in [9.17, 15) is 4.79 Å². The molecule has 3 heterocycles. The highest BCUT2D eigenvalue weighted by Crippen LogP contribution is 2.40. The molecule has 1 saturated heterocycles. The van der Waals surface area contributed by atoms with Crippen LogP contribution in [-0.4, -0.2) is 42.8 Å². The number of halogens is 1. The Labute approximate surface area is 184 Å². The van der Waals surface area contributed by atoms with E-state index in [4.69, 9.17) is 4.84 Å². The summed E-state index contributed by atoms with van der Waals surface area (Å²) in [6.07, 6.45) is 3.83. The average molecular weight is 467 g/mol. The number of allylic oxidation sites excluding steroid dienone is 1. The van der Waals surface area contributed by atoms with Gasteiger partial charge in [-0.1, -0.05) is 45.7 Å². The maximum atomic E-state index is 12.8. The van der Waals surface area contributed by atoms with E-state index >= 15 is 0 Å². The Bertz CT molecular complexity index is 1060. The van der Waals surface area contributed by atoms with Gasteiger partial charge in [-0.15, -0.1) is 0 Å². The summed E-state index contributed by atoms with van der Waals surface area (Å²) < 4.78 is 0.919. The maximum Gasteiger partial charge on any atom is 0.258 e. The second-order valence-electron chi connectivity index (χ2n) is 7.74. The topological polar surface area (TPSA) is 66.0 Å². The van der Waals surface area contributed by atoms with Crippen LogP contribution in [-0.2, 0) is 9.63 Å². The lowest BCUT2D eigenvalue weighted by molar-refractivity contribution is -0.110. The van der Waals surface area contributed by atoms with Crippen molar-refractivity contribution in [2.75, 3.05) is 36.9 Å². The average Bonchev–Trinajstić information content (AvgIpc) is 3.28. The van der Waals surface area contributed by atoms with Crippen molar-refractivity contribution in [2.24, 2.45) is 5.16 Å². The molecule has 0 aromatic heterocycles. The first-order valence-corrected chi connectivity index (χ1v) is 11.1. The lowest BCUT2D eigenvalue weighted by Gasteiger charge is -2.25. The molecular formula is C23H23BrN4O2. The number of oxime groups is 1. The smallest absolute Gasteiger partial charge is 0.258 e. The zero-order valence-corrected chi connectivity index (χ0v) is 18.2. The van der Waals surface area contributed by atoms with Crippen LogP contribution in [0, 0.1) is 0 Å². The van der Waals surface area contributed by atoms with E-state index in [1.165, 1.54) is 19.3 Å². The van der Waals surface area contributed by atoms with Crippen molar-refractivity contribution >= 4 is 44.5 Å². The molecule has 0 saturated carbocycles. The number of piperidine rings is 1. The third-order valence-corrected chi connectivity index (χ3v) is 6.25. The van der Waals surface area contributed by atoms with Gasteiger partial charge in [0.1, 0.15) is 12.3 Å². The molecule has 154 valence electrons. The summed E-state index contributed by atoms with van der Waals surface area (Å²) in [7, 11) is 0. The van der Waals surface area contributed by atoms with E-state index in [1.54, 1.807) is 0 Å². The van der Waals surface area contributed by atoms with Gasteiger partial charge in [-0.2, -0.15) is 0 Å². The Balaban J connectivity index is 1.47. The first kappa shape index (κ1) is 19.3. The van der Waals surface area contributed by atoms with Crippen LogP contribution in [0.4, 0.5) is 11.4 Å². The van der Waals surface area contributed by atoms with Crippen molar-refractivity contribution < 1.29 is 9.63 Å². The Morgan fingerprint density at radius 3 is 2.67 bits per heavy atom. The second-order valence-corrected chi connectivity index (χ2v) is 8.66. The molecule has 0 spiro atoms. The molecule has 30 heavy (non-hydrogen) atoms. The number of amides is 1. The molecule has 1 amide bonds. The Morgan fingerprint density at radius 2 is 1.80 bits per heavy atom.